The molecule has 2 N–H and O–H groups in total. The van der Waals surface area contributed by atoms with E-state index in [1.807, 2.05) is 0 Å². The minimum absolute atomic E-state index is 0.418. The molecule has 3 aliphatic rings. The van der Waals surface area contributed by atoms with E-state index in [2.05, 4.69) is 39.0 Å². The van der Waals surface area contributed by atoms with Crippen molar-refractivity contribution >= 4 is 0 Å². The Morgan fingerprint density at radius 3 is 2.74 bits per heavy atom. The van der Waals surface area contributed by atoms with Crippen LogP contribution < -0.4 is 0 Å². The third-order valence-electron chi connectivity index (χ3n) is 6.70. The molecule has 3 saturated carbocycles. The van der Waals surface area contributed by atoms with Gasteiger partial charge in [-0.25, -0.2) is 0 Å². The number of aliphatic hydroxyl groups excluding tert-OH is 2. The van der Waals surface area contributed by atoms with E-state index in [-0.39, 0.29) is 0 Å². The van der Waals surface area contributed by atoms with E-state index < -0.39 is 12.2 Å². The molecule has 0 spiro atoms. The minimum atomic E-state index is -0.592. The molecule has 0 bridgehead atoms. The summed E-state index contributed by atoms with van der Waals surface area (Å²) in [5.74, 6) is 1.44. The second-order valence-corrected chi connectivity index (χ2v) is 8.00. The lowest BCUT2D eigenvalue weighted by atomic mass is 9.63. The third-order valence-corrected chi connectivity index (χ3v) is 6.70. The molecule has 3 fully saturated rings. The van der Waals surface area contributed by atoms with E-state index in [0.717, 1.165) is 17.1 Å². The van der Waals surface area contributed by atoms with Crippen molar-refractivity contribution in [2.45, 2.75) is 71.0 Å². The molecular formula is C21H31O2. The number of hydrogen-bond acceptors (Lipinski definition) is 2. The highest BCUT2D eigenvalue weighted by Gasteiger charge is 2.48. The Balaban J connectivity index is 1.82. The van der Waals surface area contributed by atoms with E-state index >= 15 is 0 Å². The highest BCUT2D eigenvalue weighted by molar-refractivity contribution is 5.38. The van der Waals surface area contributed by atoms with E-state index in [1.54, 1.807) is 5.57 Å². The summed E-state index contributed by atoms with van der Waals surface area (Å²) in [4.78, 5) is 0. The summed E-state index contributed by atoms with van der Waals surface area (Å²) in [7, 11) is 0. The first kappa shape index (κ1) is 17.0. The Hall–Kier alpha value is -0.860. The standard InChI is InChI=1S/C21H31O2/c1-4-17-9-10-19-15(6-5-11-21(17,19)3)7-8-16-12-18(22)13-20(23)14(16)2/h4,7-8,17-20,22-23H,2,5-6,9-13H2,1,3H3/t17-,18+,19-,20-,21+/m0/s1. The van der Waals surface area contributed by atoms with Crippen LogP contribution in [0.4, 0.5) is 0 Å². The molecule has 0 unspecified atom stereocenters. The van der Waals surface area contributed by atoms with Gasteiger partial charge in [0.2, 0.25) is 0 Å². The van der Waals surface area contributed by atoms with E-state index in [9.17, 15) is 10.2 Å². The summed E-state index contributed by atoms with van der Waals surface area (Å²) in [5.41, 5.74) is 3.81. The summed E-state index contributed by atoms with van der Waals surface area (Å²) in [6.45, 7) is 8.71. The summed E-state index contributed by atoms with van der Waals surface area (Å²) in [6, 6.07) is 0. The van der Waals surface area contributed by atoms with Crippen LogP contribution in [-0.4, -0.2) is 22.4 Å². The maximum atomic E-state index is 9.99. The first-order valence-electron chi connectivity index (χ1n) is 9.20. The molecular weight excluding hydrogens is 284 g/mol. The first-order valence-corrected chi connectivity index (χ1v) is 9.20. The molecule has 0 aromatic rings. The van der Waals surface area contributed by atoms with Crippen molar-refractivity contribution in [3.8, 4) is 0 Å². The molecule has 2 heteroatoms. The van der Waals surface area contributed by atoms with E-state index in [4.69, 9.17) is 0 Å². The van der Waals surface area contributed by atoms with E-state index in [0.29, 0.717) is 24.2 Å². The van der Waals surface area contributed by atoms with Crippen LogP contribution in [0.15, 0.2) is 35.5 Å². The van der Waals surface area contributed by atoms with E-state index in [1.165, 1.54) is 32.1 Å². The van der Waals surface area contributed by atoms with Crippen molar-refractivity contribution in [1.82, 2.24) is 0 Å². The molecule has 0 heterocycles. The predicted molar refractivity (Wildman–Crippen MR) is 94.7 cm³/mol. The molecule has 3 rings (SSSR count). The van der Waals surface area contributed by atoms with Crippen molar-refractivity contribution in [3.63, 3.8) is 0 Å². The maximum absolute atomic E-state index is 9.99. The van der Waals surface area contributed by atoms with Gasteiger partial charge in [-0.15, -0.1) is 0 Å². The van der Waals surface area contributed by atoms with Crippen LogP contribution in [-0.2, 0) is 0 Å². The Bertz CT molecular complexity index is 530. The SMILES string of the molecule is C=C1C(=CC=C2CCC[C@]3(C)[C@@H]([CH]C)CC[C@@H]23)C[C@@H](O)C[C@@H]1O. The van der Waals surface area contributed by atoms with Crippen molar-refractivity contribution < 1.29 is 10.2 Å². The van der Waals surface area contributed by atoms with Crippen LogP contribution >= 0.6 is 0 Å². The first-order chi connectivity index (χ1) is 11.0. The van der Waals surface area contributed by atoms with Gasteiger partial charge in [-0.2, -0.15) is 0 Å². The Morgan fingerprint density at radius 2 is 2.00 bits per heavy atom. The van der Waals surface area contributed by atoms with Crippen LogP contribution in [0.1, 0.15) is 58.8 Å². The van der Waals surface area contributed by atoms with Gasteiger partial charge in [0.25, 0.3) is 0 Å². The van der Waals surface area contributed by atoms with Crippen LogP contribution in [0.25, 0.3) is 0 Å². The highest BCUT2D eigenvalue weighted by Crippen LogP contribution is 2.58. The van der Waals surface area contributed by atoms with Gasteiger partial charge < -0.3 is 10.2 Å². The maximum Gasteiger partial charge on any atom is 0.0811 e. The Labute approximate surface area is 141 Å². The molecule has 0 aromatic carbocycles. The molecule has 0 saturated heterocycles. The highest BCUT2D eigenvalue weighted by atomic mass is 16.3. The lowest BCUT2D eigenvalue weighted by Crippen LogP contribution is -2.33. The van der Waals surface area contributed by atoms with Gasteiger partial charge >= 0.3 is 0 Å². The van der Waals surface area contributed by atoms with Gasteiger partial charge in [-0.1, -0.05) is 38.2 Å². The molecule has 23 heavy (non-hydrogen) atoms. The number of hydrogen-bond donors (Lipinski definition) is 2. The molecule has 2 nitrogen and oxygen atoms in total. The zero-order valence-corrected chi connectivity index (χ0v) is 14.6. The largest absolute Gasteiger partial charge is 0.393 e. The summed E-state index contributed by atoms with van der Waals surface area (Å²) < 4.78 is 0. The summed E-state index contributed by atoms with van der Waals surface area (Å²) >= 11 is 0. The van der Waals surface area contributed by atoms with Gasteiger partial charge in [0, 0.05) is 6.42 Å². The van der Waals surface area contributed by atoms with Gasteiger partial charge in [0.15, 0.2) is 0 Å². The average Bonchev–Trinajstić information content (AvgIpc) is 2.86. The van der Waals surface area contributed by atoms with Crippen molar-refractivity contribution in [3.05, 3.63) is 41.9 Å². The zero-order valence-electron chi connectivity index (χ0n) is 14.6. The monoisotopic (exact) mass is 315 g/mol. The summed E-state index contributed by atoms with van der Waals surface area (Å²) in [5, 5.41) is 19.9. The smallest absolute Gasteiger partial charge is 0.0811 e. The Morgan fingerprint density at radius 1 is 1.22 bits per heavy atom. The quantitative estimate of drug-likeness (QED) is 0.795. The van der Waals surface area contributed by atoms with Crippen molar-refractivity contribution in [1.29, 1.82) is 0 Å². The topological polar surface area (TPSA) is 40.5 Å². The fourth-order valence-electron chi connectivity index (χ4n) is 5.29. The zero-order chi connectivity index (χ0) is 16.6. The van der Waals surface area contributed by atoms with Crippen LogP contribution in [0.2, 0.25) is 0 Å². The molecule has 127 valence electrons. The molecule has 5 atom stereocenters. The van der Waals surface area contributed by atoms with Gasteiger partial charge in [0.1, 0.15) is 0 Å². The van der Waals surface area contributed by atoms with Crippen molar-refractivity contribution in [2.24, 2.45) is 17.3 Å². The van der Waals surface area contributed by atoms with Gasteiger partial charge in [-0.05, 0) is 73.3 Å². The fraction of sp³-hybridized carbons (Fsp3) is 0.667. The molecule has 3 aliphatic carbocycles. The summed E-state index contributed by atoms with van der Waals surface area (Å²) in [6.07, 6.45) is 13.2. The number of allylic oxidation sites excluding steroid dienone is 3. The predicted octanol–water partition coefficient (Wildman–Crippen LogP) is 4.35. The third kappa shape index (κ3) is 3.08. The normalized spacial score (nSPS) is 44.8. The van der Waals surface area contributed by atoms with Gasteiger partial charge in [-0.3, -0.25) is 0 Å². The second-order valence-electron chi connectivity index (χ2n) is 8.00. The average molecular weight is 315 g/mol. The number of aliphatic hydroxyl groups is 2. The van der Waals surface area contributed by atoms with Crippen LogP contribution in [0.5, 0.6) is 0 Å². The molecule has 0 aliphatic heterocycles. The lowest BCUT2D eigenvalue weighted by Gasteiger charge is -2.42. The molecule has 0 aromatic heterocycles. The number of fused-ring (bicyclic) bond motifs is 1. The van der Waals surface area contributed by atoms with Crippen molar-refractivity contribution in [2.75, 3.05) is 0 Å². The number of rotatable bonds is 2. The fourth-order valence-corrected chi connectivity index (χ4v) is 5.29. The second kappa shape index (κ2) is 6.57. The molecule has 0 amide bonds. The van der Waals surface area contributed by atoms with Gasteiger partial charge in [0.05, 0.1) is 12.2 Å². The molecule has 1 radical (unpaired) electrons. The minimum Gasteiger partial charge on any atom is -0.393 e. The lowest BCUT2D eigenvalue weighted by molar-refractivity contribution is 0.0862. The van der Waals surface area contributed by atoms with Crippen LogP contribution in [0, 0.1) is 23.7 Å². The Kier molecular flexibility index (Phi) is 4.85. The van der Waals surface area contributed by atoms with Crippen LogP contribution in [0.3, 0.4) is 0 Å².